The summed E-state index contributed by atoms with van der Waals surface area (Å²) in [6, 6.07) is 9.52. The van der Waals surface area contributed by atoms with Crippen LogP contribution in [0.1, 0.15) is 33.3 Å². The topological polar surface area (TPSA) is 53.2 Å². The Morgan fingerprint density at radius 3 is 2.52 bits per heavy atom. The number of nitrogens with one attached hydrogen (secondary N) is 1. The third-order valence-corrected chi connectivity index (χ3v) is 3.50. The Morgan fingerprint density at radius 2 is 1.90 bits per heavy atom. The van der Waals surface area contributed by atoms with Crippen molar-refractivity contribution >= 4 is 16.8 Å². The van der Waals surface area contributed by atoms with Gasteiger partial charge in [0.15, 0.2) is 0 Å². The van der Waals surface area contributed by atoms with E-state index < -0.39 is 5.41 Å². The number of carbonyl (C=O) groups excluding carboxylic acids is 1. The smallest absolute Gasteiger partial charge is 0.253 e. The molecule has 1 heterocycles. The van der Waals surface area contributed by atoms with Crippen LogP contribution >= 0.6 is 0 Å². The molecule has 0 aliphatic heterocycles. The largest absolute Gasteiger partial charge is 0.338 e. The van der Waals surface area contributed by atoms with E-state index in [1.807, 2.05) is 58.0 Å². The van der Waals surface area contributed by atoms with Crippen LogP contribution in [0.25, 0.3) is 10.9 Å². The molecule has 2 aromatic rings. The highest BCUT2D eigenvalue weighted by Gasteiger charge is 2.26. The van der Waals surface area contributed by atoms with E-state index in [0.29, 0.717) is 18.7 Å². The Kier molecular flexibility index (Phi) is 4.16. The standard InChI is InChI=1S/C17H22N2O2/c1-5-19(16(21)17(2,3)4)11-13-10-12-8-6-7-9-14(12)18-15(13)20/h6-10H,5,11H2,1-4H3,(H,18,20). The Labute approximate surface area is 124 Å². The fraction of sp³-hybridized carbons (Fsp3) is 0.412. The van der Waals surface area contributed by atoms with Crippen molar-refractivity contribution in [2.24, 2.45) is 5.41 Å². The van der Waals surface area contributed by atoms with Crippen molar-refractivity contribution in [3.63, 3.8) is 0 Å². The Bertz CT molecular complexity index is 711. The second-order valence-electron chi connectivity index (χ2n) is 6.28. The molecule has 0 unspecified atom stereocenters. The fourth-order valence-electron chi connectivity index (χ4n) is 2.32. The summed E-state index contributed by atoms with van der Waals surface area (Å²) in [6.45, 7) is 8.53. The third-order valence-electron chi connectivity index (χ3n) is 3.50. The zero-order valence-electron chi connectivity index (χ0n) is 13.1. The summed E-state index contributed by atoms with van der Waals surface area (Å²) in [4.78, 5) is 29.1. The zero-order valence-corrected chi connectivity index (χ0v) is 13.1. The number of aromatic amines is 1. The lowest BCUT2D eigenvalue weighted by atomic mass is 9.94. The van der Waals surface area contributed by atoms with Crippen LogP contribution in [0.5, 0.6) is 0 Å². The van der Waals surface area contributed by atoms with Crippen molar-refractivity contribution in [3.05, 3.63) is 46.2 Å². The van der Waals surface area contributed by atoms with E-state index in [4.69, 9.17) is 0 Å². The number of hydrogen-bond acceptors (Lipinski definition) is 2. The van der Waals surface area contributed by atoms with E-state index in [2.05, 4.69) is 4.98 Å². The van der Waals surface area contributed by atoms with Crippen molar-refractivity contribution < 1.29 is 4.79 Å². The van der Waals surface area contributed by atoms with Gasteiger partial charge in [-0.15, -0.1) is 0 Å². The molecule has 2 rings (SSSR count). The summed E-state index contributed by atoms with van der Waals surface area (Å²) >= 11 is 0. The molecule has 0 atom stereocenters. The van der Waals surface area contributed by atoms with E-state index in [0.717, 1.165) is 10.9 Å². The molecule has 4 heteroatoms. The summed E-state index contributed by atoms with van der Waals surface area (Å²) in [6.07, 6.45) is 0. The van der Waals surface area contributed by atoms with Gasteiger partial charge >= 0.3 is 0 Å². The van der Waals surface area contributed by atoms with Crippen LogP contribution < -0.4 is 5.56 Å². The Hall–Kier alpha value is -2.10. The number of benzene rings is 1. The molecule has 0 saturated heterocycles. The molecule has 0 saturated carbocycles. The number of nitrogens with zero attached hydrogens (tertiary/aromatic N) is 1. The van der Waals surface area contributed by atoms with Crippen molar-refractivity contribution in [1.29, 1.82) is 0 Å². The quantitative estimate of drug-likeness (QED) is 0.943. The van der Waals surface area contributed by atoms with Gasteiger partial charge in [0.25, 0.3) is 5.56 Å². The summed E-state index contributed by atoms with van der Waals surface area (Å²) in [5.41, 5.74) is 0.859. The van der Waals surface area contributed by atoms with Gasteiger partial charge in [-0.3, -0.25) is 9.59 Å². The molecule has 4 nitrogen and oxygen atoms in total. The van der Waals surface area contributed by atoms with E-state index >= 15 is 0 Å². The van der Waals surface area contributed by atoms with Crippen LogP contribution in [0.2, 0.25) is 0 Å². The number of pyridine rings is 1. The first-order valence-corrected chi connectivity index (χ1v) is 7.23. The number of fused-ring (bicyclic) bond motifs is 1. The highest BCUT2D eigenvalue weighted by molar-refractivity contribution is 5.82. The third kappa shape index (κ3) is 3.32. The van der Waals surface area contributed by atoms with Gasteiger partial charge in [-0.05, 0) is 24.4 Å². The molecule has 1 amide bonds. The molecule has 0 aliphatic carbocycles. The summed E-state index contributed by atoms with van der Waals surface area (Å²) in [7, 11) is 0. The van der Waals surface area contributed by atoms with Crippen molar-refractivity contribution in [2.75, 3.05) is 6.54 Å². The summed E-state index contributed by atoms with van der Waals surface area (Å²) in [5, 5.41) is 0.978. The van der Waals surface area contributed by atoms with Crippen LogP contribution in [0.15, 0.2) is 35.1 Å². The Balaban J connectivity index is 2.36. The van der Waals surface area contributed by atoms with Crippen LogP contribution in [-0.4, -0.2) is 22.3 Å². The van der Waals surface area contributed by atoms with E-state index in [1.165, 1.54) is 0 Å². The van der Waals surface area contributed by atoms with Gasteiger partial charge in [-0.2, -0.15) is 0 Å². The second kappa shape index (κ2) is 5.72. The average Bonchev–Trinajstić information content (AvgIpc) is 2.43. The summed E-state index contributed by atoms with van der Waals surface area (Å²) < 4.78 is 0. The maximum Gasteiger partial charge on any atom is 0.253 e. The average molecular weight is 286 g/mol. The number of para-hydroxylation sites is 1. The molecule has 21 heavy (non-hydrogen) atoms. The highest BCUT2D eigenvalue weighted by Crippen LogP contribution is 2.19. The number of H-pyrrole nitrogens is 1. The number of amides is 1. The van der Waals surface area contributed by atoms with Gasteiger partial charge in [0.1, 0.15) is 0 Å². The van der Waals surface area contributed by atoms with E-state index in [9.17, 15) is 9.59 Å². The van der Waals surface area contributed by atoms with Crippen LogP contribution in [-0.2, 0) is 11.3 Å². The van der Waals surface area contributed by atoms with Gasteiger partial charge in [0, 0.05) is 23.0 Å². The van der Waals surface area contributed by atoms with Gasteiger partial charge in [-0.1, -0.05) is 39.0 Å². The maximum atomic E-state index is 12.4. The first kappa shape index (κ1) is 15.3. The molecule has 1 aromatic carbocycles. The van der Waals surface area contributed by atoms with Gasteiger partial charge in [0.2, 0.25) is 5.91 Å². The predicted octanol–water partition coefficient (Wildman–Crippen LogP) is 2.92. The van der Waals surface area contributed by atoms with Crippen molar-refractivity contribution in [1.82, 2.24) is 9.88 Å². The lowest BCUT2D eigenvalue weighted by molar-refractivity contribution is -0.139. The fourth-order valence-corrected chi connectivity index (χ4v) is 2.32. The number of carbonyl (C=O) groups is 1. The van der Waals surface area contributed by atoms with Gasteiger partial charge in [-0.25, -0.2) is 0 Å². The number of aromatic nitrogens is 1. The molecular formula is C17H22N2O2. The van der Waals surface area contributed by atoms with Crippen LogP contribution in [0.3, 0.4) is 0 Å². The van der Waals surface area contributed by atoms with Gasteiger partial charge in [0.05, 0.1) is 6.54 Å². The minimum atomic E-state index is -0.445. The minimum Gasteiger partial charge on any atom is -0.338 e. The first-order valence-electron chi connectivity index (χ1n) is 7.23. The van der Waals surface area contributed by atoms with Gasteiger partial charge < -0.3 is 9.88 Å². The van der Waals surface area contributed by atoms with Crippen molar-refractivity contribution in [3.8, 4) is 0 Å². The van der Waals surface area contributed by atoms with E-state index in [-0.39, 0.29) is 11.5 Å². The predicted molar refractivity (Wildman–Crippen MR) is 85.1 cm³/mol. The molecule has 0 spiro atoms. The Morgan fingerprint density at radius 1 is 1.24 bits per heavy atom. The lowest BCUT2D eigenvalue weighted by Gasteiger charge is -2.28. The molecule has 1 N–H and O–H groups in total. The molecule has 1 aromatic heterocycles. The summed E-state index contributed by atoms with van der Waals surface area (Å²) in [5.74, 6) is 0.0533. The lowest BCUT2D eigenvalue weighted by Crippen LogP contribution is -2.40. The van der Waals surface area contributed by atoms with Crippen LogP contribution in [0.4, 0.5) is 0 Å². The number of rotatable bonds is 3. The molecule has 0 aliphatic rings. The first-order chi connectivity index (χ1) is 9.82. The minimum absolute atomic E-state index is 0.0533. The van der Waals surface area contributed by atoms with E-state index in [1.54, 1.807) is 4.90 Å². The highest BCUT2D eigenvalue weighted by atomic mass is 16.2. The monoisotopic (exact) mass is 286 g/mol. The number of hydrogen-bond donors (Lipinski definition) is 1. The zero-order chi connectivity index (χ0) is 15.6. The SMILES string of the molecule is CCN(Cc1cc2ccccc2[nH]c1=O)C(=O)C(C)(C)C. The molecule has 0 bridgehead atoms. The normalized spacial score (nSPS) is 11.6. The van der Waals surface area contributed by atoms with Crippen molar-refractivity contribution in [2.45, 2.75) is 34.2 Å². The molecule has 0 radical (unpaired) electrons. The second-order valence-corrected chi connectivity index (χ2v) is 6.28. The maximum absolute atomic E-state index is 12.4. The molecular weight excluding hydrogens is 264 g/mol. The molecule has 0 fully saturated rings. The molecule has 112 valence electrons. The van der Waals surface area contributed by atoms with Crippen LogP contribution in [0, 0.1) is 5.41 Å².